The molecule has 0 radical (unpaired) electrons. The second kappa shape index (κ2) is 15.0. The summed E-state index contributed by atoms with van der Waals surface area (Å²) in [6.07, 6.45) is 0.735. The number of carbonyl (C=O) groups excluding carboxylic acids is 3. The lowest BCUT2D eigenvalue weighted by Gasteiger charge is -2.27. The number of carbonyl (C=O) groups is 4. The van der Waals surface area contributed by atoms with Gasteiger partial charge in [-0.1, -0.05) is 92.7 Å². The number of amides is 3. The Balaban J connectivity index is 1.47. The number of likely N-dealkylation sites (tertiary alicyclic amines) is 1. The molecule has 10 nitrogen and oxygen atoms in total. The summed E-state index contributed by atoms with van der Waals surface area (Å²) < 4.78 is 4.92. The molecule has 0 aromatic heterocycles. The van der Waals surface area contributed by atoms with Gasteiger partial charge in [0.25, 0.3) is 0 Å². The first-order valence-corrected chi connectivity index (χ1v) is 15.7. The first kappa shape index (κ1) is 32.6. The normalized spacial score (nSPS) is 18.3. The number of imide groups is 1. The van der Waals surface area contributed by atoms with Gasteiger partial charge in [-0.3, -0.25) is 19.5 Å². The van der Waals surface area contributed by atoms with Crippen molar-refractivity contribution in [1.29, 1.82) is 0 Å². The number of anilines is 1. The fourth-order valence-electron chi connectivity index (χ4n) is 6.16. The topological polar surface area (TPSA) is 129 Å². The summed E-state index contributed by atoms with van der Waals surface area (Å²) in [5.74, 6) is -2.78. The third kappa shape index (κ3) is 7.69. The van der Waals surface area contributed by atoms with Gasteiger partial charge in [0.05, 0.1) is 24.0 Å². The van der Waals surface area contributed by atoms with E-state index in [2.05, 4.69) is 22.3 Å². The zero-order valence-corrected chi connectivity index (χ0v) is 26.2. The minimum absolute atomic E-state index is 0.114. The Labute approximate surface area is 269 Å². The van der Waals surface area contributed by atoms with E-state index in [1.54, 1.807) is 6.07 Å². The number of hydrogen-bond donors (Lipinski definition) is 2. The number of aliphatic carboxylic acids is 1. The van der Waals surface area contributed by atoms with E-state index >= 15 is 0 Å². The van der Waals surface area contributed by atoms with E-state index in [9.17, 15) is 24.3 Å². The molecular weight excluding hydrogens is 584 g/mol. The number of para-hydroxylation sites is 1. The van der Waals surface area contributed by atoms with Crippen molar-refractivity contribution in [1.82, 2.24) is 9.80 Å². The minimum Gasteiger partial charge on any atom is -0.480 e. The van der Waals surface area contributed by atoms with Crippen molar-refractivity contribution in [3.05, 3.63) is 102 Å². The number of aliphatic imine (C=N–C) groups is 1. The zero-order chi connectivity index (χ0) is 32.6. The van der Waals surface area contributed by atoms with Crippen molar-refractivity contribution in [2.75, 3.05) is 25.0 Å². The molecule has 240 valence electrons. The van der Waals surface area contributed by atoms with Crippen molar-refractivity contribution in [2.45, 2.75) is 51.7 Å². The number of rotatable bonds is 12. The van der Waals surface area contributed by atoms with E-state index in [-0.39, 0.29) is 37.4 Å². The molecule has 3 amide bonds. The van der Waals surface area contributed by atoms with Gasteiger partial charge in [-0.05, 0) is 36.9 Å². The highest BCUT2D eigenvalue weighted by atomic mass is 16.6. The summed E-state index contributed by atoms with van der Waals surface area (Å²) in [7, 11) is 0. The number of cyclic esters (lactones) is 1. The van der Waals surface area contributed by atoms with E-state index < -0.39 is 29.9 Å². The second-order valence-electron chi connectivity index (χ2n) is 12.0. The summed E-state index contributed by atoms with van der Waals surface area (Å²) in [5, 5.41) is 13.6. The average molecular weight is 625 g/mol. The van der Waals surface area contributed by atoms with Gasteiger partial charge in [0.1, 0.15) is 6.61 Å². The molecule has 0 saturated carbocycles. The summed E-state index contributed by atoms with van der Waals surface area (Å²) in [6, 6.07) is 24.9. The standard InChI is InChI=1S/C36H40N4O6/c1-24(2)28(22-31(41)40-20-21-46-36(40)45)33(35(43)44)38-32(26-14-7-4-8-15-26)27-16-9-10-17-29(27)37-34(42)30-18-11-19-39(30)23-25-12-5-3-6-13-25/h3-10,12-17,24,28,30,33H,11,18-23H2,1-2H3,(H,37,42)(H,43,44)/t28-,30-,33-/m0/s1. The molecule has 0 spiro atoms. The Bertz CT molecular complexity index is 1580. The lowest BCUT2D eigenvalue weighted by atomic mass is 9.85. The zero-order valence-electron chi connectivity index (χ0n) is 26.2. The molecule has 2 heterocycles. The molecule has 2 fully saturated rings. The molecule has 2 aliphatic rings. The molecule has 5 rings (SSSR count). The number of carboxylic acid groups (broad SMARTS) is 1. The number of benzene rings is 3. The summed E-state index contributed by atoms with van der Waals surface area (Å²) in [6.45, 7) is 5.41. The van der Waals surface area contributed by atoms with Crippen LogP contribution in [0.2, 0.25) is 0 Å². The van der Waals surface area contributed by atoms with E-state index in [0.29, 0.717) is 29.1 Å². The van der Waals surface area contributed by atoms with Gasteiger partial charge in [-0.2, -0.15) is 0 Å². The molecule has 0 unspecified atom stereocenters. The Morgan fingerprint density at radius 1 is 0.957 bits per heavy atom. The van der Waals surface area contributed by atoms with E-state index in [1.807, 2.05) is 80.6 Å². The predicted molar refractivity (Wildman–Crippen MR) is 174 cm³/mol. The van der Waals surface area contributed by atoms with Crippen LogP contribution in [0.25, 0.3) is 0 Å². The second-order valence-corrected chi connectivity index (χ2v) is 12.0. The molecule has 3 aromatic rings. The SMILES string of the molecule is CC(C)[C@H](CC(=O)N1CCOC1=O)[C@H](N=C(c1ccccc1)c1ccccc1NC(=O)[C@@H]1CCCN1Cc1ccccc1)C(=O)O. The van der Waals surface area contributed by atoms with Crippen LogP contribution in [0.3, 0.4) is 0 Å². The maximum Gasteiger partial charge on any atom is 0.416 e. The van der Waals surface area contributed by atoms with Gasteiger partial charge in [0.2, 0.25) is 11.8 Å². The highest BCUT2D eigenvalue weighted by Gasteiger charge is 2.37. The van der Waals surface area contributed by atoms with Crippen molar-refractivity contribution >= 4 is 35.3 Å². The fourth-order valence-corrected chi connectivity index (χ4v) is 6.16. The van der Waals surface area contributed by atoms with Crippen LogP contribution >= 0.6 is 0 Å². The number of nitrogens with one attached hydrogen (secondary N) is 1. The van der Waals surface area contributed by atoms with Crippen LogP contribution in [-0.4, -0.2) is 76.3 Å². The van der Waals surface area contributed by atoms with Crippen molar-refractivity contribution in [2.24, 2.45) is 16.8 Å². The van der Waals surface area contributed by atoms with Crippen LogP contribution in [0.1, 0.15) is 49.8 Å². The quantitative estimate of drug-likeness (QED) is 0.265. The molecule has 3 aromatic carbocycles. The van der Waals surface area contributed by atoms with E-state index in [0.717, 1.165) is 29.8 Å². The molecular formula is C36H40N4O6. The Kier molecular flexibility index (Phi) is 10.6. The molecule has 0 aliphatic carbocycles. The van der Waals surface area contributed by atoms with Gasteiger partial charge in [-0.25, -0.2) is 14.5 Å². The summed E-state index contributed by atoms with van der Waals surface area (Å²) in [5.41, 5.74) is 3.27. The monoisotopic (exact) mass is 624 g/mol. The smallest absolute Gasteiger partial charge is 0.416 e. The summed E-state index contributed by atoms with van der Waals surface area (Å²) in [4.78, 5) is 59.8. The molecule has 2 saturated heterocycles. The first-order valence-electron chi connectivity index (χ1n) is 15.7. The maximum atomic E-state index is 13.8. The summed E-state index contributed by atoms with van der Waals surface area (Å²) >= 11 is 0. The van der Waals surface area contributed by atoms with Crippen LogP contribution in [0, 0.1) is 11.8 Å². The van der Waals surface area contributed by atoms with Crippen LogP contribution in [-0.2, 0) is 25.7 Å². The van der Waals surface area contributed by atoms with Crippen LogP contribution < -0.4 is 5.32 Å². The largest absolute Gasteiger partial charge is 0.480 e. The Morgan fingerprint density at radius 2 is 1.63 bits per heavy atom. The molecule has 0 bridgehead atoms. The molecule has 3 atom stereocenters. The fraction of sp³-hybridized carbons (Fsp3) is 0.361. The Morgan fingerprint density at radius 3 is 2.28 bits per heavy atom. The Hall–Kier alpha value is -4.83. The third-order valence-corrected chi connectivity index (χ3v) is 8.64. The highest BCUT2D eigenvalue weighted by Crippen LogP contribution is 2.29. The van der Waals surface area contributed by atoms with Gasteiger partial charge < -0.3 is 15.2 Å². The van der Waals surface area contributed by atoms with E-state index in [4.69, 9.17) is 9.73 Å². The van der Waals surface area contributed by atoms with Crippen molar-refractivity contribution < 1.29 is 29.0 Å². The van der Waals surface area contributed by atoms with Gasteiger partial charge in [0.15, 0.2) is 6.04 Å². The number of carboxylic acids is 1. The van der Waals surface area contributed by atoms with Crippen LogP contribution in [0.15, 0.2) is 89.9 Å². The average Bonchev–Trinajstić information content (AvgIpc) is 3.70. The van der Waals surface area contributed by atoms with Crippen LogP contribution in [0.5, 0.6) is 0 Å². The van der Waals surface area contributed by atoms with Gasteiger partial charge in [0, 0.05) is 30.0 Å². The maximum absolute atomic E-state index is 13.8. The van der Waals surface area contributed by atoms with Gasteiger partial charge >= 0.3 is 12.1 Å². The highest BCUT2D eigenvalue weighted by molar-refractivity contribution is 6.17. The predicted octanol–water partition coefficient (Wildman–Crippen LogP) is 5.22. The lowest BCUT2D eigenvalue weighted by molar-refractivity contribution is -0.141. The molecule has 10 heteroatoms. The number of nitrogens with zero attached hydrogens (tertiary/aromatic N) is 3. The minimum atomic E-state index is -1.31. The number of ether oxygens (including phenoxy) is 1. The molecule has 2 aliphatic heterocycles. The van der Waals surface area contributed by atoms with Gasteiger partial charge in [-0.15, -0.1) is 0 Å². The first-order chi connectivity index (χ1) is 22.2. The van der Waals surface area contributed by atoms with E-state index in [1.165, 1.54) is 0 Å². The lowest BCUT2D eigenvalue weighted by Crippen LogP contribution is -2.40. The molecule has 46 heavy (non-hydrogen) atoms. The number of hydrogen-bond acceptors (Lipinski definition) is 7. The van der Waals surface area contributed by atoms with Crippen molar-refractivity contribution in [3.63, 3.8) is 0 Å². The van der Waals surface area contributed by atoms with Crippen molar-refractivity contribution in [3.8, 4) is 0 Å². The van der Waals surface area contributed by atoms with Crippen LogP contribution in [0.4, 0.5) is 10.5 Å². The third-order valence-electron chi connectivity index (χ3n) is 8.64. The molecule has 2 N–H and O–H groups in total.